The third-order valence-corrected chi connectivity index (χ3v) is 3.05. The highest BCUT2D eigenvalue weighted by molar-refractivity contribution is 5.70. The van der Waals surface area contributed by atoms with E-state index in [0.717, 1.165) is 0 Å². The van der Waals surface area contributed by atoms with Gasteiger partial charge in [-0.25, -0.2) is 0 Å². The van der Waals surface area contributed by atoms with Crippen LogP contribution in [0.5, 0.6) is 17.2 Å². The third-order valence-electron chi connectivity index (χ3n) is 3.05. The predicted octanol–water partition coefficient (Wildman–Crippen LogP) is 1.20. The number of aromatic hydroxyl groups is 1. The Morgan fingerprint density at radius 1 is 1.41 bits per heavy atom. The Labute approximate surface area is 97.8 Å². The van der Waals surface area contributed by atoms with Crippen molar-refractivity contribution in [1.82, 2.24) is 0 Å². The lowest BCUT2D eigenvalue weighted by Crippen LogP contribution is -2.22. The van der Waals surface area contributed by atoms with Crippen LogP contribution in [-0.2, 0) is 4.74 Å². The second kappa shape index (κ2) is 3.65. The summed E-state index contributed by atoms with van der Waals surface area (Å²) in [4.78, 5) is 0. The van der Waals surface area contributed by atoms with Crippen molar-refractivity contribution in [3.63, 3.8) is 0 Å². The summed E-state index contributed by atoms with van der Waals surface area (Å²) >= 11 is 0. The van der Waals surface area contributed by atoms with E-state index >= 15 is 0 Å². The molecule has 17 heavy (non-hydrogen) atoms. The average molecular weight is 236 g/mol. The Balaban J connectivity index is 2.17. The van der Waals surface area contributed by atoms with Crippen molar-refractivity contribution < 1.29 is 24.4 Å². The van der Waals surface area contributed by atoms with Gasteiger partial charge in [0, 0.05) is 12.7 Å². The maximum atomic E-state index is 10.1. The second-order valence-electron chi connectivity index (χ2n) is 3.97. The molecule has 0 fully saturated rings. The highest BCUT2D eigenvalue weighted by atomic mass is 16.7. The first kappa shape index (κ1) is 10.4. The maximum Gasteiger partial charge on any atom is 0.231 e. The molecule has 3 rings (SSSR count). The van der Waals surface area contributed by atoms with Gasteiger partial charge in [0.15, 0.2) is 11.5 Å². The molecule has 1 aromatic carbocycles. The van der Waals surface area contributed by atoms with E-state index in [1.54, 1.807) is 18.2 Å². The van der Waals surface area contributed by atoms with Crippen molar-refractivity contribution in [3.05, 3.63) is 23.3 Å². The second-order valence-corrected chi connectivity index (χ2v) is 3.97. The number of ether oxygens (including phenoxy) is 3. The predicted molar refractivity (Wildman–Crippen MR) is 59.0 cm³/mol. The lowest BCUT2D eigenvalue weighted by molar-refractivity contribution is 0.0136. The van der Waals surface area contributed by atoms with Gasteiger partial charge in [-0.3, -0.25) is 0 Å². The topological polar surface area (TPSA) is 68.2 Å². The van der Waals surface area contributed by atoms with E-state index < -0.39 is 12.2 Å². The van der Waals surface area contributed by atoms with Gasteiger partial charge >= 0.3 is 0 Å². The third kappa shape index (κ3) is 1.40. The number of aliphatic hydroxyl groups excluding tert-OH is 1. The number of aliphatic hydroxyl groups is 1. The summed E-state index contributed by atoms with van der Waals surface area (Å²) in [5.74, 6) is 0.704. The number of phenols is 1. The number of fused-ring (bicyclic) bond motifs is 2. The molecule has 5 nitrogen and oxygen atoms in total. The quantitative estimate of drug-likeness (QED) is 0.766. The van der Waals surface area contributed by atoms with Gasteiger partial charge in [0.05, 0.1) is 0 Å². The smallest absolute Gasteiger partial charge is 0.231 e. The summed E-state index contributed by atoms with van der Waals surface area (Å²) in [7, 11) is 1.51. The van der Waals surface area contributed by atoms with Crippen LogP contribution in [0.15, 0.2) is 12.1 Å². The van der Waals surface area contributed by atoms with Crippen molar-refractivity contribution in [2.75, 3.05) is 13.9 Å². The Bertz CT molecular complexity index is 494. The van der Waals surface area contributed by atoms with Crippen molar-refractivity contribution in [3.8, 4) is 17.2 Å². The fourth-order valence-corrected chi connectivity index (χ4v) is 2.18. The van der Waals surface area contributed by atoms with E-state index in [4.69, 9.17) is 14.2 Å². The van der Waals surface area contributed by atoms with Gasteiger partial charge in [-0.05, 0) is 11.6 Å². The van der Waals surface area contributed by atoms with Gasteiger partial charge in [0.2, 0.25) is 12.5 Å². The highest BCUT2D eigenvalue weighted by Crippen LogP contribution is 2.48. The first-order valence-electron chi connectivity index (χ1n) is 5.27. The molecule has 0 bridgehead atoms. The summed E-state index contributed by atoms with van der Waals surface area (Å²) in [5, 5.41) is 20.2. The zero-order chi connectivity index (χ0) is 12.0. The van der Waals surface area contributed by atoms with E-state index in [-0.39, 0.29) is 18.3 Å². The maximum absolute atomic E-state index is 10.1. The molecule has 0 saturated carbocycles. The van der Waals surface area contributed by atoms with Gasteiger partial charge in [-0.1, -0.05) is 12.2 Å². The van der Waals surface area contributed by atoms with Crippen LogP contribution in [0.4, 0.5) is 0 Å². The molecule has 2 N–H and O–H groups in total. The molecular weight excluding hydrogens is 224 g/mol. The molecule has 0 aromatic heterocycles. The van der Waals surface area contributed by atoms with Crippen LogP contribution in [0.3, 0.4) is 0 Å². The monoisotopic (exact) mass is 236 g/mol. The molecule has 2 atom stereocenters. The Morgan fingerprint density at radius 2 is 2.24 bits per heavy atom. The van der Waals surface area contributed by atoms with E-state index in [0.29, 0.717) is 16.9 Å². The van der Waals surface area contributed by atoms with Gasteiger partial charge in [0.1, 0.15) is 12.2 Å². The first-order chi connectivity index (χ1) is 8.22. The number of rotatable bonds is 1. The van der Waals surface area contributed by atoms with Crippen LogP contribution in [0.2, 0.25) is 0 Å². The van der Waals surface area contributed by atoms with Crippen LogP contribution in [0, 0.1) is 0 Å². The fourth-order valence-electron chi connectivity index (χ4n) is 2.18. The minimum atomic E-state index is -0.908. The minimum absolute atomic E-state index is 0.0751. The summed E-state index contributed by atoms with van der Waals surface area (Å²) < 4.78 is 15.5. The molecule has 0 radical (unpaired) electrons. The van der Waals surface area contributed by atoms with Gasteiger partial charge in [-0.2, -0.15) is 0 Å². The Kier molecular flexibility index (Phi) is 2.24. The van der Waals surface area contributed by atoms with E-state index in [1.165, 1.54) is 7.11 Å². The molecule has 0 amide bonds. The van der Waals surface area contributed by atoms with Crippen LogP contribution in [0.25, 0.3) is 6.08 Å². The van der Waals surface area contributed by atoms with Crippen molar-refractivity contribution in [1.29, 1.82) is 0 Å². The Morgan fingerprint density at radius 3 is 3.00 bits per heavy atom. The number of hydrogen-bond acceptors (Lipinski definition) is 5. The zero-order valence-corrected chi connectivity index (χ0v) is 9.21. The molecule has 1 aliphatic carbocycles. The first-order valence-corrected chi connectivity index (χ1v) is 5.27. The number of phenolic OH excluding ortho intramolecular Hbond substituents is 1. The minimum Gasteiger partial charge on any atom is -0.504 e. The molecule has 1 aliphatic heterocycles. The van der Waals surface area contributed by atoms with Crippen LogP contribution in [-0.4, -0.2) is 30.2 Å². The standard InChI is InChI=1S/C12H12O5/c1-15-7-3-2-6-4-8-12(17-5-16-8)11(14)9(6)10(7)13/h2-4,7,10,13-14H,5H2,1H3. The molecule has 90 valence electrons. The zero-order valence-electron chi connectivity index (χ0n) is 9.21. The SMILES string of the molecule is COC1C=Cc2cc3c(c(O)c2C1O)OCO3. The van der Waals surface area contributed by atoms with E-state index in [9.17, 15) is 10.2 Å². The molecule has 0 spiro atoms. The van der Waals surface area contributed by atoms with Gasteiger partial charge in [-0.15, -0.1) is 0 Å². The van der Waals surface area contributed by atoms with Crippen LogP contribution in [0.1, 0.15) is 17.2 Å². The normalized spacial score (nSPS) is 24.8. The van der Waals surface area contributed by atoms with Crippen LogP contribution < -0.4 is 9.47 Å². The molecule has 0 saturated heterocycles. The molecule has 2 unspecified atom stereocenters. The summed E-state index contributed by atoms with van der Waals surface area (Å²) in [6.45, 7) is 0.0826. The summed E-state index contributed by atoms with van der Waals surface area (Å²) in [6.07, 6.45) is 2.16. The van der Waals surface area contributed by atoms with Crippen molar-refractivity contribution in [2.45, 2.75) is 12.2 Å². The number of hydrogen-bond donors (Lipinski definition) is 2. The summed E-state index contributed by atoms with van der Waals surface area (Å²) in [5.41, 5.74) is 1.14. The lowest BCUT2D eigenvalue weighted by atomic mass is 9.91. The molecule has 2 aliphatic rings. The lowest BCUT2D eigenvalue weighted by Gasteiger charge is -2.25. The molecule has 5 heteroatoms. The number of methoxy groups -OCH3 is 1. The van der Waals surface area contributed by atoms with E-state index in [2.05, 4.69) is 0 Å². The number of benzene rings is 1. The largest absolute Gasteiger partial charge is 0.504 e. The Hall–Kier alpha value is -1.72. The van der Waals surface area contributed by atoms with Crippen LogP contribution >= 0.6 is 0 Å². The van der Waals surface area contributed by atoms with Crippen molar-refractivity contribution in [2.24, 2.45) is 0 Å². The fraction of sp³-hybridized carbons (Fsp3) is 0.333. The van der Waals surface area contributed by atoms with E-state index in [1.807, 2.05) is 0 Å². The highest BCUT2D eigenvalue weighted by Gasteiger charge is 2.32. The average Bonchev–Trinajstić information content (AvgIpc) is 2.78. The van der Waals surface area contributed by atoms with Crippen molar-refractivity contribution >= 4 is 6.08 Å². The molecule has 1 heterocycles. The van der Waals surface area contributed by atoms with Gasteiger partial charge in [0.25, 0.3) is 0 Å². The molecular formula is C12H12O5. The summed E-state index contributed by atoms with van der Waals surface area (Å²) in [6, 6.07) is 1.74. The molecule has 1 aromatic rings. The van der Waals surface area contributed by atoms with Gasteiger partial charge < -0.3 is 24.4 Å².